The maximum absolute atomic E-state index is 13.2. The number of anilines is 1. The number of hydrogen-bond donors (Lipinski definition) is 0. The molecule has 0 atom stereocenters. The lowest BCUT2D eigenvalue weighted by Gasteiger charge is -2.25. The topological polar surface area (TPSA) is 99.0 Å². The second-order valence-electron chi connectivity index (χ2n) is 5.18. The average molecular weight is 435 g/mol. The molecule has 0 heterocycles. The second kappa shape index (κ2) is 8.20. The van der Waals surface area contributed by atoms with E-state index in [1.54, 1.807) is 6.92 Å². The van der Waals surface area contributed by atoms with E-state index in [0.29, 0.717) is 0 Å². The first-order chi connectivity index (χ1) is 12.7. The normalized spacial score (nSPS) is 11.1. The molecule has 2 rings (SSSR count). The molecule has 11 heteroatoms. The van der Waals surface area contributed by atoms with Crippen molar-refractivity contribution in [1.82, 2.24) is 0 Å². The van der Waals surface area contributed by atoms with Gasteiger partial charge in [-0.25, -0.2) is 8.42 Å². The molecule has 0 N–H and O–H groups in total. The summed E-state index contributed by atoms with van der Waals surface area (Å²) in [5.74, 6) is 0.373. The van der Waals surface area contributed by atoms with Crippen molar-refractivity contribution in [1.29, 1.82) is 0 Å². The predicted octanol–water partition coefficient (Wildman–Crippen LogP) is 4.13. The minimum atomic E-state index is -4.20. The molecule has 0 bridgehead atoms. The van der Waals surface area contributed by atoms with Gasteiger partial charge in [0.05, 0.1) is 24.2 Å². The Balaban J connectivity index is 2.69. The molecule has 0 unspecified atom stereocenters. The minimum absolute atomic E-state index is 0.0113. The van der Waals surface area contributed by atoms with Crippen molar-refractivity contribution in [3.05, 3.63) is 50.5 Å². The predicted molar refractivity (Wildman–Crippen MR) is 103 cm³/mol. The van der Waals surface area contributed by atoms with Gasteiger partial charge in [0.25, 0.3) is 15.7 Å². The summed E-state index contributed by atoms with van der Waals surface area (Å²) >= 11 is 12.2. The van der Waals surface area contributed by atoms with Crippen molar-refractivity contribution < 1.29 is 22.8 Å². The number of benzene rings is 2. The molecule has 0 fully saturated rings. The van der Waals surface area contributed by atoms with E-state index >= 15 is 0 Å². The van der Waals surface area contributed by atoms with Crippen LogP contribution in [0.15, 0.2) is 35.2 Å². The number of halogens is 2. The zero-order valence-electron chi connectivity index (χ0n) is 14.6. The highest BCUT2D eigenvalue weighted by atomic mass is 35.5. The first-order valence-electron chi connectivity index (χ1n) is 7.56. The van der Waals surface area contributed by atoms with Crippen LogP contribution in [0.25, 0.3) is 0 Å². The van der Waals surface area contributed by atoms with Crippen molar-refractivity contribution in [3.63, 3.8) is 0 Å². The molecule has 0 spiro atoms. The van der Waals surface area contributed by atoms with E-state index in [1.165, 1.54) is 38.5 Å². The number of sulfonamides is 1. The second-order valence-corrected chi connectivity index (χ2v) is 7.76. The highest BCUT2D eigenvalue weighted by Crippen LogP contribution is 2.40. The molecular weight excluding hydrogens is 419 g/mol. The van der Waals surface area contributed by atoms with E-state index in [2.05, 4.69) is 0 Å². The molecule has 0 aromatic heterocycles. The van der Waals surface area contributed by atoms with E-state index in [0.717, 1.165) is 10.4 Å². The molecular formula is C16H16Cl2N2O6S. The Kier molecular flexibility index (Phi) is 6.40. The average Bonchev–Trinajstić information content (AvgIpc) is 2.63. The highest BCUT2D eigenvalue weighted by molar-refractivity contribution is 7.93. The maximum atomic E-state index is 13.2. The van der Waals surface area contributed by atoms with Crippen LogP contribution in [0.4, 0.5) is 11.4 Å². The number of methoxy groups -OCH3 is 2. The van der Waals surface area contributed by atoms with Gasteiger partial charge in [-0.3, -0.25) is 14.4 Å². The Labute approximate surface area is 166 Å². The SMILES string of the molecule is CCN(c1cc([N+](=O)[O-])ccc1OC)S(=O)(=O)c1ccc(OC)c(Cl)c1Cl. The van der Waals surface area contributed by atoms with Gasteiger partial charge >= 0.3 is 0 Å². The van der Waals surface area contributed by atoms with E-state index < -0.39 is 14.9 Å². The lowest BCUT2D eigenvalue weighted by molar-refractivity contribution is -0.384. The van der Waals surface area contributed by atoms with Gasteiger partial charge in [0.2, 0.25) is 0 Å². The van der Waals surface area contributed by atoms with Gasteiger partial charge in [-0.15, -0.1) is 0 Å². The van der Waals surface area contributed by atoms with Gasteiger partial charge in [0.1, 0.15) is 27.1 Å². The van der Waals surface area contributed by atoms with Gasteiger partial charge in [0, 0.05) is 18.7 Å². The smallest absolute Gasteiger partial charge is 0.271 e. The third kappa shape index (κ3) is 3.90. The molecule has 8 nitrogen and oxygen atoms in total. The van der Waals surface area contributed by atoms with Crippen LogP contribution in [0.1, 0.15) is 6.92 Å². The molecule has 2 aromatic carbocycles. The Morgan fingerprint density at radius 2 is 1.67 bits per heavy atom. The fourth-order valence-corrected chi connectivity index (χ4v) is 4.74. The van der Waals surface area contributed by atoms with E-state index in [1.807, 2.05) is 0 Å². The van der Waals surface area contributed by atoms with Gasteiger partial charge < -0.3 is 9.47 Å². The number of nitrogens with zero attached hydrogens (tertiary/aromatic N) is 2. The number of nitro benzene ring substituents is 1. The summed E-state index contributed by atoms with van der Waals surface area (Å²) in [6.45, 7) is 1.55. The number of hydrogen-bond acceptors (Lipinski definition) is 6. The molecule has 0 aliphatic heterocycles. The van der Waals surface area contributed by atoms with Crippen molar-refractivity contribution in [3.8, 4) is 11.5 Å². The zero-order valence-corrected chi connectivity index (χ0v) is 16.9. The van der Waals surface area contributed by atoms with Crippen LogP contribution in [0.2, 0.25) is 10.0 Å². The van der Waals surface area contributed by atoms with E-state index in [-0.39, 0.29) is 44.4 Å². The third-order valence-electron chi connectivity index (χ3n) is 3.73. The summed E-state index contributed by atoms with van der Waals surface area (Å²) in [4.78, 5) is 10.2. The minimum Gasteiger partial charge on any atom is -0.495 e. The number of non-ortho nitro benzene ring substituents is 1. The van der Waals surface area contributed by atoms with Crippen LogP contribution < -0.4 is 13.8 Å². The molecule has 0 saturated heterocycles. The van der Waals surface area contributed by atoms with E-state index in [9.17, 15) is 18.5 Å². The molecule has 146 valence electrons. The largest absolute Gasteiger partial charge is 0.495 e. The van der Waals surface area contributed by atoms with Crippen molar-refractivity contribution in [2.75, 3.05) is 25.1 Å². The number of nitro groups is 1. The fraction of sp³-hybridized carbons (Fsp3) is 0.250. The quantitative estimate of drug-likeness (QED) is 0.479. The summed E-state index contributed by atoms with van der Waals surface area (Å²) in [5, 5.41) is 10.8. The van der Waals surface area contributed by atoms with Crippen LogP contribution in [0, 0.1) is 10.1 Å². The molecule has 0 saturated carbocycles. The standard InChI is InChI=1S/C16H16Cl2N2O6S/c1-4-19(11-9-10(20(21)22)5-6-12(11)25-2)27(23,24)14-8-7-13(26-3)15(17)16(14)18/h5-9H,4H2,1-3H3. The monoisotopic (exact) mass is 434 g/mol. The Morgan fingerprint density at radius 3 is 2.19 bits per heavy atom. The first kappa shape index (κ1) is 21.1. The molecule has 0 aliphatic carbocycles. The summed E-state index contributed by atoms with van der Waals surface area (Å²) < 4.78 is 37.6. The summed E-state index contributed by atoms with van der Waals surface area (Å²) in [5.41, 5.74) is -0.268. The van der Waals surface area contributed by atoms with Gasteiger partial charge in [-0.2, -0.15) is 0 Å². The van der Waals surface area contributed by atoms with Gasteiger partial charge in [-0.1, -0.05) is 23.2 Å². The summed E-state index contributed by atoms with van der Waals surface area (Å²) in [6.07, 6.45) is 0. The Bertz CT molecular complexity index is 981. The van der Waals surface area contributed by atoms with Crippen molar-refractivity contribution >= 4 is 44.6 Å². The van der Waals surface area contributed by atoms with Crippen LogP contribution in [0.3, 0.4) is 0 Å². The van der Waals surface area contributed by atoms with Gasteiger partial charge in [-0.05, 0) is 25.1 Å². The molecule has 0 radical (unpaired) electrons. The summed E-state index contributed by atoms with van der Waals surface area (Å²) in [7, 11) is -1.49. The lowest BCUT2D eigenvalue weighted by atomic mass is 10.2. The highest BCUT2D eigenvalue weighted by Gasteiger charge is 2.31. The van der Waals surface area contributed by atoms with Crippen molar-refractivity contribution in [2.45, 2.75) is 11.8 Å². The molecule has 27 heavy (non-hydrogen) atoms. The van der Waals surface area contributed by atoms with Crippen LogP contribution in [-0.4, -0.2) is 34.1 Å². The van der Waals surface area contributed by atoms with Crippen LogP contribution in [-0.2, 0) is 10.0 Å². The molecule has 2 aromatic rings. The van der Waals surface area contributed by atoms with Crippen LogP contribution >= 0.6 is 23.2 Å². The van der Waals surface area contributed by atoms with E-state index in [4.69, 9.17) is 32.7 Å². The number of rotatable bonds is 7. The number of ether oxygens (including phenoxy) is 2. The lowest BCUT2D eigenvalue weighted by Crippen LogP contribution is -2.31. The summed E-state index contributed by atoms with van der Waals surface area (Å²) in [6, 6.07) is 6.31. The Hall–Kier alpha value is -2.23. The maximum Gasteiger partial charge on any atom is 0.271 e. The molecule has 0 amide bonds. The third-order valence-corrected chi connectivity index (χ3v) is 6.64. The van der Waals surface area contributed by atoms with Crippen LogP contribution in [0.5, 0.6) is 11.5 Å². The first-order valence-corrected chi connectivity index (χ1v) is 9.75. The van der Waals surface area contributed by atoms with Gasteiger partial charge in [0.15, 0.2) is 0 Å². The van der Waals surface area contributed by atoms with Crippen molar-refractivity contribution in [2.24, 2.45) is 0 Å². The Morgan fingerprint density at radius 1 is 1.07 bits per heavy atom. The molecule has 0 aliphatic rings. The zero-order chi connectivity index (χ0) is 20.4. The fourth-order valence-electron chi connectivity index (χ4n) is 2.45.